The summed E-state index contributed by atoms with van der Waals surface area (Å²) in [5, 5.41) is 15.4. The van der Waals surface area contributed by atoms with Gasteiger partial charge in [-0.25, -0.2) is 9.59 Å². The van der Waals surface area contributed by atoms with Crippen LogP contribution >= 0.6 is 0 Å². The van der Waals surface area contributed by atoms with E-state index in [2.05, 4.69) is 10.6 Å². The van der Waals surface area contributed by atoms with Gasteiger partial charge >= 0.3 is 12.2 Å². The maximum absolute atomic E-state index is 11.9. The van der Waals surface area contributed by atoms with E-state index in [0.717, 1.165) is 6.42 Å². The first-order chi connectivity index (χ1) is 11.2. The number of nitrogens with one attached hydrogen (secondary N) is 2. The van der Waals surface area contributed by atoms with Crippen molar-refractivity contribution in [2.45, 2.75) is 77.2 Å². The SMILES string of the molecule is CCCNC(=O)OC1/C=C/C(OC(=O)NC(C)(C)C)CC(O)CC1. The molecule has 138 valence electrons. The fourth-order valence-electron chi connectivity index (χ4n) is 2.23. The van der Waals surface area contributed by atoms with Crippen molar-refractivity contribution in [3.8, 4) is 0 Å². The molecule has 0 aromatic heterocycles. The molecule has 0 aromatic rings. The van der Waals surface area contributed by atoms with E-state index in [-0.39, 0.29) is 0 Å². The molecule has 7 nitrogen and oxygen atoms in total. The Hall–Kier alpha value is -1.76. The highest BCUT2D eigenvalue weighted by Crippen LogP contribution is 2.18. The highest BCUT2D eigenvalue weighted by atomic mass is 16.6. The van der Waals surface area contributed by atoms with E-state index in [9.17, 15) is 14.7 Å². The van der Waals surface area contributed by atoms with Crippen molar-refractivity contribution < 1.29 is 24.2 Å². The summed E-state index contributed by atoms with van der Waals surface area (Å²) in [4.78, 5) is 23.5. The lowest BCUT2D eigenvalue weighted by atomic mass is 10.00. The second kappa shape index (κ2) is 9.52. The first kappa shape index (κ1) is 20.3. The summed E-state index contributed by atoms with van der Waals surface area (Å²) in [6.45, 7) is 8.08. The lowest BCUT2D eigenvalue weighted by Crippen LogP contribution is -2.42. The zero-order valence-electron chi connectivity index (χ0n) is 15.0. The quantitative estimate of drug-likeness (QED) is 0.682. The van der Waals surface area contributed by atoms with Crippen LogP contribution in [0.3, 0.4) is 0 Å². The number of aliphatic hydroxyl groups excluding tert-OH is 1. The van der Waals surface area contributed by atoms with Gasteiger partial charge in [-0.3, -0.25) is 0 Å². The fourth-order valence-corrected chi connectivity index (χ4v) is 2.23. The Balaban J connectivity index is 2.61. The number of alkyl carbamates (subject to hydrolysis) is 2. The van der Waals surface area contributed by atoms with E-state index in [1.807, 2.05) is 27.7 Å². The van der Waals surface area contributed by atoms with Gasteiger partial charge < -0.3 is 25.2 Å². The van der Waals surface area contributed by atoms with Crippen LogP contribution in [0.1, 0.15) is 53.4 Å². The van der Waals surface area contributed by atoms with Gasteiger partial charge in [0, 0.05) is 18.5 Å². The van der Waals surface area contributed by atoms with Crippen LogP contribution in [0.2, 0.25) is 0 Å². The van der Waals surface area contributed by atoms with Gasteiger partial charge in [0.05, 0.1) is 6.10 Å². The summed E-state index contributed by atoms with van der Waals surface area (Å²) in [7, 11) is 0. The van der Waals surface area contributed by atoms with Crippen LogP contribution in [-0.2, 0) is 9.47 Å². The predicted molar refractivity (Wildman–Crippen MR) is 90.7 cm³/mol. The van der Waals surface area contributed by atoms with Crippen molar-refractivity contribution in [1.82, 2.24) is 10.6 Å². The van der Waals surface area contributed by atoms with Crippen molar-refractivity contribution in [2.75, 3.05) is 6.54 Å². The largest absolute Gasteiger partial charge is 0.442 e. The summed E-state index contributed by atoms with van der Waals surface area (Å²) < 4.78 is 10.6. The molecule has 1 aliphatic carbocycles. The Morgan fingerprint density at radius 2 is 1.75 bits per heavy atom. The molecule has 0 heterocycles. The van der Waals surface area contributed by atoms with E-state index in [1.54, 1.807) is 12.2 Å². The molecular formula is C17H30N2O5. The summed E-state index contributed by atoms with van der Waals surface area (Å²) >= 11 is 0. The molecule has 0 radical (unpaired) electrons. The summed E-state index contributed by atoms with van der Waals surface area (Å²) in [6, 6.07) is 0. The maximum atomic E-state index is 11.9. The van der Waals surface area contributed by atoms with Gasteiger partial charge in [-0.15, -0.1) is 0 Å². The third-order valence-corrected chi connectivity index (χ3v) is 3.34. The summed E-state index contributed by atoms with van der Waals surface area (Å²) in [5.41, 5.74) is -0.399. The number of rotatable bonds is 4. The van der Waals surface area contributed by atoms with Crippen molar-refractivity contribution in [2.24, 2.45) is 0 Å². The molecule has 0 spiro atoms. The van der Waals surface area contributed by atoms with Gasteiger partial charge in [0.15, 0.2) is 0 Å². The minimum atomic E-state index is -0.618. The second-order valence-corrected chi connectivity index (χ2v) is 7.04. The van der Waals surface area contributed by atoms with E-state index in [1.165, 1.54) is 0 Å². The highest BCUT2D eigenvalue weighted by molar-refractivity contribution is 5.68. The Morgan fingerprint density at radius 1 is 1.12 bits per heavy atom. The number of hydrogen-bond donors (Lipinski definition) is 3. The molecule has 0 saturated carbocycles. The molecule has 3 unspecified atom stereocenters. The van der Waals surface area contributed by atoms with Crippen molar-refractivity contribution >= 4 is 12.2 Å². The lowest BCUT2D eigenvalue weighted by Gasteiger charge is -2.26. The first-order valence-electron chi connectivity index (χ1n) is 8.49. The molecular weight excluding hydrogens is 312 g/mol. The van der Waals surface area contributed by atoms with E-state index >= 15 is 0 Å². The van der Waals surface area contributed by atoms with Gasteiger partial charge in [0.25, 0.3) is 0 Å². The average Bonchev–Trinajstić information content (AvgIpc) is 2.44. The fraction of sp³-hybridized carbons (Fsp3) is 0.765. The second-order valence-electron chi connectivity index (χ2n) is 7.04. The van der Waals surface area contributed by atoms with Crippen LogP contribution in [0.25, 0.3) is 0 Å². The summed E-state index contributed by atoms with van der Waals surface area (Å²) in [6.07, 6.45) is 2.88. The molecule has 0 bridgehead atoms. The van der Waals surface area contributed by atoms with Crippen LogP contribution in [0.5, 0.6) is 0 Å². The predicted octanol–water partition coefficient (Wildman–Crippen LogP) is 2.49. The molecule has 3 atom stereocenters. The van der Waals surface area contributed by atoms with Crippen LogP contribution in [0.4, 0.5) is 9.59 Å². The maximum Gasteiger partial charge on any atom is 0.408 e. The van der Waals surface area contributed by atoms with Gasteiger partial charge in [-0.2, -0.15) is 0 Å². The molecule has 0 fully saturated rings. The molecule has 3 N–H and O–H groups in total. The average molecular weight is 342 g/mol. The summed E-state index contributed by atoms with van der Waals surface area (Å²) in [5.74, 6) is 0. The van der Waals surface area contributed by atoms with Crippen LogP contribution in [0, 0.1) is 0 Å². The standard InChI is InChI=1S/C17H30N2O5/c1-5-10-18-15(21)23-13-7-6-12(20)11-14(9-8-13)24-16(22)19-17(2,3)4/h8-9,12-14,20H,5-7,10-11H2,1-4H3,(H,18,21)(H,19,22)/b9-8+. The van der Waals surface area contributed by atoms with Crippen LogP contribution in [0.15, 0.2) is 12.2 Å². The van der Waals surface area contributed by atoms with Crippen LogP contribution in [-0.4, -0.2) is 47.7 Å². The molecule has 0 aliphatic heterocycles. The normalized spacial score (nSPS) is 25.8. The van der Waals surface area contributed by atoms with E-state index in [0.29, 0.717) is 25.8 Å². The van der Waals surface area contributed by atoms with Gasteiger partial charge in [-0.05, 0) is 52.2 Å². The zero-order valence-corrected chi connectivity index (χ0v) is 15.0. The highest BCUT2D eigenvalue weighted by Gasteiger charge is 2.23. The lowest BCUT2D eigenvalue weighted by molar-refractivity contribution is 0.0520. The van der Waals surface area contributed by atoms with Crippen molar-refractivity contribution in [3.63, 3.8) is 0 Å². The topological polar surface area (TPSA) is 96.9 Å². The molecule has 24 heavy (non-hydrogen) atoms. The smallest absolute Gasteiger partial charge is 0.408 e. The molecule has 1 aliphatic rings. The Labute approximate surface area is 143 Å². The Morgan fingerprint density at radius 3 is 2.38 bits per heavy atom. The minimum absolute atomic E-state index is 0.322. The van der Waals surface area contributed by atoms with E-state index < -0.39 is 36.0 Å². The van der Waals surface area contributed by atoms with Crippen molar-refractivity contribution in [1.29, 1.82) is 0 Å². The van der Waals surface area contributed by atoms with Crippen LogP contribution < -0.4 is 10.6 Å². The number of amides is 2. The van der Waals surface area contributed by atoms with Crippen molar-refractivity contribution in [3.05, 3.63) is 12.2 Å². The van der Waals surface area contributed by atoms with Gasteiger partial charge in [0.2, 0.25) is 0 Å². The number of aliphatic hydroxyl groups is 1. The Bertz CT molecular complexity index is 445. The van der Waals surface area contributed by atoms with E-state index in [4.69, 9.17) is 9.47 Å². The number of carbonyl (C=O) groups is 2. The number of carbonyl (C=O) groups excluding carboxylic acids is 2. The third-order valence-electron chi connectivity index (χ3n) is 3.34. The van der Waals surface area contributed by atoms with Gasteiger partial charge in [0.1, 0.15) is 12.2 Å². The number of ether oxygens (including phenoxy) is 2. The molecule has 1 rings (SSSR count). The molecule has 2 amide bonds. The monoisotopic (exact) mass is 342 g/mol. The molecule has 7 heteroatoms. The Kier molecular flexibility index (Phi) is 8.04. The number of hydrogen-bond acceptors (Lipinski definition) is 5. The first-order valence-corrected chi connectivity index (χ1v) is 8.49. The zero-order chi connectivity index (χ0) is 18.2. The third kappa shape index (κ3) is 8.76. The van der Waals surface area contributed by atoms with Gasteiger partial charge in [-0.1, -0.05) is 6.92 Å². The minimum Gasteiger partial charge on any atom is -0.442 e. The molecule has 0 aromatic carbocycles. The molecule has 0 saturated heterocycles.